The van der Waals surface area contributed by atoms with Gasteiger partial charge in [-0.2, -0.15) is 0 Å². The average Bonchev–Trinajstić information content (AvgIpc) is 2.52. The lowest BCUT2D eigenvalue weighted by Gasteiger charge is -2.12. The molecule has 0 fully saturated rings. The molecule has 2 rings (SSSR count). The minimum Gasteiger partial charge on any atom is -0.550 e. The molecule has 0 aliphatic heterocycles. The Kier molecular flexibility index (Phi) is 4.97. The predicted molar refractivity (Wildman–Crippen MR) is 83.1 cm³/mol. The number of carboxylic acid groups (broad SMARTS) is 1. The SMILES string of the molecule is CNS(=O)(=O)c1cccc2c(NC(=O)CCC(=O)[O-])cccc12. The van der Waals surface area contributed by atoms with Gasteiger partial charge in [0.05, 0.1) is 4.90 Å². The zero-order chi connectivity index (χ0) is 17.0. The van der Waals surface area contributed by atoms with Crippen LogP contribution < -0.4 is 15.1 Å². The molecule has 0 aliphatic rings. The van der Waals surface area contributed by atoms with Gasteiger partial charge in [-0.1, -0.05) is 24.3 Å². The average molecular weight is 335 g/mol. The van der Waals surface area contributed by atoms with Crippen molar-refractivity contribution in [3.8, 4) is 0 Å². The maximum atomic E-state index is 12.1. The first-order valence-electron chi connectivity index (χ1n) is 6.80. The number of hydrogen-bond donors (Lipinski definition) is 2. The number of sulfonamides is 1. The summed E-state index contributed by atoms with van der Waals surface area (Å²) in [6.07, 6.45) is -0.594. The van der Waals surface area contributed by atoms with Crippen LogP contribution in [0.4, 0.5) is 5.69 Å². The Bertz CT molecular complexity index is 861. The van der Waals surface area contributed by atoms with E-state index < -0.39 is 21.9 Å². The standard InChI is InChI=1S/C15H16N2O5S/c1-16-23(21,22)13-7-3-4-10-11(13)5-2-6-12(10)17-14(18)8-9-15(19)20/h2-7,16H,8-9H2,1H3,(H,17,18)(H,19,20)/p-1. The first kappa shape index (κ1) is 16.9. The molecular formula is C15H15N2O5S-. The van der Waals surface area contributed by atoms with Gasteiger partial charge in [0.2, 0.25) is 15.9 Å². The van der Waals surface area contributed by atoms with E-state index in [0.29, 0.717) is 16.5 Å². The van der Waals surface area contributed by atoms with Crippen molar-refractivity contribution < 1.29 is 23.1 Å². The molecular weight excluding hydrogens is 320 g/mol. The summed E-state index contributed by atoms with van der Waals surface area (Å²) in [6.45, 7) is 0. The smallest absolute Gasteiger partial charge is 0.240 e. The molecule has 0 saturated carbocycles. The fourth-order valence-corrected chi connectivity index (χ4v) is 3.11. The molecule has 23 heavy (non-hydrogen) atoms. The van der Waals surface area contributed by atoms with Gasteiger partial charge in [-0.15, -0.1) is 0 Å². The minimum absolute atomic E-state index is 0.100. The normalized spacial score (nSPS) is 11.3. The Hall–Kier alpha value is -2.45. The quantitative estimate of drug-likeness (QED) is 0.783. The third-order valence-electron chi connectivity index (χ3n) is 3.27. The number of carbonyl (C=O) groups excluding carboxylic acids is 2. The van der Waals surface area contributed by atoms with Crippen molar-refractivity contribution in [2.24, 2.45) is 0 Å². The number of hydrogen-bond acceptors (Lipinski definition) is 5. The highest BCUT2D eigenvalue weighted by atomic mass is 32.2. The van der Waals surface area contributed by atoms with Gasteiger partial charge in [-0.05, 0) is 25.6 Å². The van der Waals surface area contributed by atoms with E-state index in [1.54, 1.807) is 30.3 Å². The number of carbonyl (C=O) groups is 2. The number of amides is 1. The van der Waals surface area contributed by atoms with Crippen LogP contribution in [-0.2, 0) is 19.6 Å². The minimum atomic E-state index is -3.64. The van der Waals surface area contributed by atoms with Gasteiger partial charge in [-0.25, -0.2) is 13.1 Å². The van der Waals surface area contributed by atoms with Gasteiger partial charge in [-0.3, -0.25) is 4.79 Å². The molecule has 2 N–H and O–H groups in total. The van der Waals surface area contributed by atoms with Crippen LogP contribution in [0.3, 0.4) is 0 Å². The second-order valence-corrected chi connectivity index (χ2v) is 6.64. The van der Waals surface area contributed by atoms with E-state index >= 15 is 0 Å². The van der Waals surface area contributed by atoms with Crippen LogP contribution in [0, 0.1) is 0 Å². The summed E-state index contributed by atoms with van der Waals surface area (Å²) in [5, 5.41) is 14.0. The molecule has 0 aliphatic carbocycles. The van der Waals surface area contributed by atoms with Crippen LogP contribution in [0.2, 0.25) is 0 Å². The van der Waals surface area contributed by atoms with Crippen molar-refractivity contribution in [1.29, 1.82) is 0 Å². The van der Waals surface area contributed by atoms with Crippen LogP contribution in [-0.4, -0.2) is 27.3 Å². The fraction of sp³-hybridized carbons (Fsp3) is 0.200. The lowest BCUT2D eigenvalue weighted by molar-refractivity contribution is -0.305. The Labute approximate surface area is 133 Å². The number of aliphatic carboxylic acids is 1. The molecule has 0 radical (unpaired) electrons. The van der Waals surface area contributed by atoms with Crippen LogP contribution >= 0.6 is 0 Å². The van der Waals surface area contributed by atoms with E-state index in [1.165, 1.54) is 13.1 Å². The maximum Gasteiger partial charge on any atom is 0.240 e. The number of nitrogens with one attached hydrogen (secondary N) is 2. The summed E-state index contributed by atoms with van der Waals surface area (Å²) >= 11 is 0. The Balaban J connectivity index is 2.42. The van der Waals surface area contributed by atoms with Gasteiger partial charge >= 0.3 is 0 Å². The van der Waals surface area contributed by atoms with Crippen LogP contribution in [0.5, 0.6) is 0 Å². The molecule has 122 valence electrons. The van der Waals surface area contributed by atoms with Gasteiger partial charge in [0.25, 0.3) is 0 Å². The zero-order valence-corrected chi connectivity index (χ0v) is 13.1. The lowest BCUT2D eigenvalue weighted by atomic mass is 10.1. The van der Waals surface area contributed by atoms with E-state index in [9.17, 15) is 23.1 Å². The summed E-state index contributed by atoms with van der Waals surface area (Å²) < 4.78 is 26.4. The fourth-order valence-electron chi connectivity index (χ4n) is 2.16. The highest BCUT2D eigenvalue weighted by molar-refractivity contribution is 7.89. The predicted octanol–water partition coefficient (Wildman–Crippen LogP) is 0.217. The molecule has 0 aromatic heterocycles. The number of rotatable bonds is 6. The van der Waals surface area contributed by atoms with Crippen LogP contribution in [0.25, 0.3) is 10.8 Å². The van der Waals surface area contributed by atoms with Gasteiger partial charge in [0, 0.05) is 28.8 Å². The maximum absolute atomic E-state index is 12.1. The van der Waals surface area contributed by atoms with Gasteiger partial charge in [0.1, 0.15) is 0 Å². The van der Waals surface area contributed by atoms with E-state index in [2.05, 4.69) is 10.0 Å². The number of fused-ring (bicyclic) bond motifs is 1. The summed E-state index contributed by atoms with van der Waals surface area (Å²) in [6, 6.07) is 9.59. The van der Waals surface area contributed by atoms with Crippen molar-refractivity contribution in [2.75, 3.05) is 12.4 Å². The molecule has 0 spiro atoms. The van der Waals surface area contributed by atoms with Crippen LogP contribution in [0.15, 0.2) is 41.3 Å². The monoisotopic (exact) mass is 335 g/mol. The Morgan fingerprint density at radius 2 is 1.70 bits per heavy atom. The first-order chi connectivity index (χ1) is 10.8. The summed E-state index contributed by atoms with van der Waals surface area (Å²) in [7, 11) is -2.32. The van der Waals surface area contributed by atoms with Crippen molar-refractivity contribution in [2.45, 2.75) is 17.7 Å². The third kappa shape index (κ3) is 3.85. The van der Waals surface area contributed by atoms with Crippen molar-refractivity contribution >= 4 is 38.4 Å². The van der Waals surface area contributed by atoms with Crippen LogP contribution in [0.1, 0.15) is 12.8 Å². The molecule has 2 aromatic rings. The second-order valence-electron chi connectivity index (χ2n) is 4.78. The van der Waals surface area contributed by atoms with Gasteiger partial charge in [0.15, 0.2) is 0 Å². The van der Waals surface area contributed by atoms with E-state index in [4.69, 9.17) is 0 Å². The molecule has 2 aromatic carbocycles. The first-order valence-corrected chi connectivity index (χ1v) is 8.28. The topological polar surface area (TPSA) is 115 Å². The highest BCUT2D eigenvalue weighted by Crippen LogP contribution is 2.28. The Morgan fingerprint density at radius 3 is 2.35 bits per heavy atom. The van der Waals surface area contributed by atoms with Crippen molar-refractivity contribution in [3.05, 3.63) is 36.4 Å². The number of anilines is 1. The molecule has 0 saturated heterocycles. The Morgan fingerprint density at radius 1 is 1.04 bits per heavy atom. The zero-order valence-electron chi connectivity index (χ0n) is 12.3. The van der Waals surface area contributed by atoms with E-state index in [0.717, 1.165) is 0 Å². The molecule has 0 unspecified atom stereocenters. The van der Waals surface area contributed by atoms with Crippen molar-refractivity contribution in [1.82, 2.24) is 4.72 Å². The molecule has 0 atom stereocenters. The number of benzene rings is 2. The lowest BCUT2D eigenvalue weighted by Crippen LogP contribution is -2.24. The molecule has 0 bridgehead atoms. The van der Waals surface area contributed by atoms with Crippen molar-refractivity contribution in [3.63, 3.8) is 0 Å². The number of carboxylic acids is 1. The van der Waals surface area contributed by atoms with E-state index in [1.807, 2.05) is 0 Å². The molecule has 7 nitrogen and oxygen atoms in total. The molecule has 1 amide bonds. The van der Waals surface area contributed by atoms with E-state index in [-0.39, 0.29) is 17.7 Å². The van der Waals surface area contributed by atoms with Gasteiger partial charge < -0.3 is 15.2 Å². The molecule has 8 heteroatoms. The summed E-state index contributed by atoms with van der Waals surface area (Å²) in [5.41, 5.74) is 0.416. The highest BCUT2D eigenvalue weighted by Gasteiger charge is 2.16. The second kappa shape index (κ2) is 6.76. The third-order valence-corrected chi connectivity index (χ3v) is 4.74. The summed E-state index contributed by atoms with van der Waals surface area (Å²) in [5.74, 6) is -1.79. The summed E-state index contributed by atoms with van der Waals surface area (Å²) in [4.78, 5) is 22.3. The largest absolute Gasteiger partial charge is 0.550 e. The molecule has 0 heterocycles.